The van der Waals surface area contributed by atoms with E-state index < -0.39 is 0 Å². The molecule has 0 aliphatic heterocycles. The molecule has 3 N–H and O–H groups in total. The van der Waals surface area contributed by atoms with Gasteiger partial charge in [0, 0.05) is 16.8 Å². The Hall–Kier alpha value is -2.63. The van der Waals surface area contributed by atoms with Crippen molar-refractivity contribution in [3.8, 4) is 5.75 Å². The molecule has 0 spiro atoms. The third-order valence-electron chi connectivity index (χ3n) is 7.47. The molecule has 1 aromatic carbocycles. The fourth-order valence-electron chi connectivity index (χ4n) is 6.36. The van der Waals surface area contributed by atoms with Gasteiger partial charge < -0.3 is 15.8 Å². The zero-order valence-corrected chi connectivity index (χ0v) is 17.4. The molecule has 1 aromatic heterocycles. The zero-order chi connectivity index (χ0) is 20.9. The number of primary amides is 1. The number of para-hydroxylation sites is 1. The van der Waals surface area contributed by atoms with Crippen LogP contribution < -0.4 is 15.8 Å². The maximum Gasteiger partial charge on any atom is 0.270 e. The van der Waals surface area contributed by atoms with Gasteiger partial charge in [0.2, 0.25) is 5.91 Å². The molecule has 6 heteroatoms. The molecule has 4 aliphatic carbocycles. The molecule has 2 atom stereocenters. The summed E-state index contributed by atoms with van der Waals surface area (Å²) in [6, 6.07) is 9.62. The highest BCUT2D eigenvalue weighted by Crippen LogP contribution is 2.59. The summed E-state index contributed by atoms with van der Waals surface area (Å²) in [6.45, 7) is 2.68. The average molecular weight is 408 g/mol. The molecule has 4 fully saturated rings. The largest absolute Gasteiger partial charge is 0.491 e. The number of carbonyl (C=O) groups is 2. The van der Waals surface area contributed by atoms with Crippen molar-refractivity contribution in [3.05, 3.63) is 36.0 Å². The summed E-state index contributed by atoms with van der Waals surface area (Å²) in [4.78, 5) is 29.9. The second-order valence-electron chi connectivity index (χ2n) is 9.49. The molecule has 4 saturated carbocycles. The van der Waals surface area contributed by atoms with Crippen molar-refractivity contribution in [2.75, 3.05) is 6.61 Å². The predicted octanol–water partition coefficient (Wildman–Crippen LogP) is 3.43. The first kappa shape index (κ1) is 19.3. The van der Waals surface area contributed by atoms with Crippen molar-refractivity contribution in [3.63, 3.8) is 0 Å². The van der Waals surface area contributed by atoms with Crippen LogP contribution in [0.5, 0.6) is 5.75 Å². The molecule has 2 amide bonds. The molecule has 6 nitrogen and oxygen atoms in total. The smallest absolute Gasteiger partial charge is 0.270 e. The lowest BCUT2D eigenvalue weighted by atomic mass is 9.47. The lowest BCUT2D eigenvalue weighted by molar-refractivity contribution is -0.145. The van der Waals surface area contributed by atoms with Crippen LogP contribution in [0, 0.1) is 23.2 Å². The molecule has 2 unspecified atom stereocenters. The summed E-state index contributed by atoms with van der Waals surface area (Å²) in [5, 5.41) is 4.22. The van der Waals surface area contributed by atoms with Gasteiger partial charge in [0.25, 0.3) is 5.91 Å². The van der Waals surface area contributed by atoms with Crippen LogP contribution in [-0.2, 0) is 4.79 Å². The van der Waals surface area contributed by atoms with Crippen molar-refractivity contribution >= 4 is 22.7 Å². The van der Waals surface area contributed by atoms with Gasteiger partial charge in [-0.15, -0.1) is 0 Å². The van der Waals surface area contributed by atoms with Crippen molar-refractivity contribution < 1.29 is 14.3 Å². The van der Waals surface area contributed by atoms with Gasteiger partial charge >= 0.3 is 0 Å². The third-order valence-corrected chi connectivity index (χ3v) is 7.47. The van der Waals surface area contributed by atoms with E-state index in [9.17, 15) is 9.59 Å². The zero-order valence-electron chi connectivity index (χ0n) is 17.4. The predicted molar refractivity (Wildman–Crippen MR) is 114 cm³/mol. The number of nitrogens with zero attached hydrogens (tertiary/aromatic N) is 1. The number of hydrogen-bond acceptors (Lipinski definition) is 4. The summed E-state index contributed by atoms with van der Waals surface area (Å²) in [6.07, 6.45) is 5.62. The minimum Gasteiger partial charge on any atom is -0.491 e. The number of aromatic nitrogens is 1. The quantitative estimate of drug-likeness (QED) is 0.767. The minimum absolute atomic E-state index is 0.102. The van der Waals surface area contributed by atoms with E-state index in [1.165, 1.54) is 0 Å². The Morgan fingerprint density at radius 1 is 1.17 bits per heavy atom. The Kier molecular flexibility index (Phi) is 4.68. The highest BCUT2D eigenvalue weighted by Gasteiger charge is 2.58. The van der Waals surface area contributed by atoms with E-state index in [1.54, 1.807) is 6.07 Å². The molecule has 158 valence electrons. The number of pyridine rings is 1. The number of amides is 2. The molecular formula is C24H29N3O3. The van der Waals surface area contributed by atoms with Crippen LogP contribution in [0.3, 0.4) is 0 Å². The Morgan fingerprint density at radius 3 is 2.63 bits per heavy atom. The molecule has 30 heavy (non-hydrogen) atoms. The van der Waals surface area contributed by atoms with Gasteiger partial charge in [-0.3, -0.25) is 9.59 Å². The SMILES string of the molecule is CCCOc1cccc2ccc(C(=O)N[C@H]3C4CC5CC3C[C@](C(N)=O)(C5)C4)nc12. The first-order valence-corrected chi connectivity index (χ1v) is 11.1. The number of rotatable bonds is 6. The maximum atomic E-state index is 13.1. The van der Waals surface area contributed by atoms with Gasteiger partial charge in [-0.2, -0.15) is 0 Å². The second-order valence-corrected chi connectivity index (χ2v) is 9.49. The van der Waals surface area contributed by atoms with Gasteiger partial charge in [0.1, 0.15) is 17.0 Å². The monoisotopic (exact) mass is 407 g/mol. The maximum absolute atomic E-state index is 13.1. The standard InChI is InChI=1S/C24H29N3O3/c1-2-8-30-19-5-3-4-15-6-7-18(26-21(15)19)22(28)27-20-16-9-14-10-17(20)13-24(11-14,12-16)23(25)29/h3-7,14,16-17,20H,2,8-13H2,1H3,(H2,25,29)(H,27,28)/t14?,16?,17?,20-,24-. The third kappa shape index (κ3) is 3.13. The molecule has 2 aromatic rings. The summed E-state index contributed by atoms with van der Waals surface area (Å²) in [5.74, 6) is 1.64. The van der Waals surface area contributed by atoms with Crippen LogP contribution in [0.1, 0.15) is 55.9 Å². The molecule has 1 heterocycles. The van der Waals surface area contributed by atoms with Gasteiger partial charge in [-0.1, -0.05) is 25.1 Å². The molecule has 6 rings (SSSR count). The first-order chi connectivity index (χ1) is 14.5. The van der Waals surface area contributed by atoms with Crippen molar-refractivity contribution in [2.45, 2.75) is 51.5 Å². The molecule has 4 bridgehead atoms. The summed E-state index contributed by atoms with van der Waals surface area (Å²) >= 11 is 0. The van der Waals surface area contributed by atoms with Crippen molar-refractivity contribution in [1.82, 2.24) is 10.3 Å². The second kappa shape index (κ2) is 7.25. The number of carbonyl (C=O) groups excluding carboxylic acids is 2. The summed E-state index contributed by atoms with van der Waals surface area (Å²) in [7, 11) is 0. The normalized spacial score (nSPS) is 31.6. The fraction of sp³-hybridized carbons (Fsp3) is 0.542. The Bertz CT molecular complexity index is 988. The van der Waals surface area contributed by atoms with Crippen LogP contribution in [0.25, 0.3) is 10.9 Å². The van der Waals surface area contributed by atoms with E-state index in [1.807, 2.05) is 24.3 Å². The van der Waals surface area contributed by atoms with Gasteiger partial charge in [0.05, 0.1) is 6.61 Å². The number of fused-ring (bicyclic) bond motifs is 1. The first-order valence-electron chi connectivity index (χ1n) is 11.1. The highest BCUT2D eigenvalue weighted by molar-refractivity contribution is 5.96. The van der Waals surface area contributed by atoms with E-state index >= 15 is 0 Å². The molecule has 4 aliphatic rings. The fourth-order valence-corrected chi connectivity index (χ4v) is 6.36. The van der Waals surface area contributed by atoms with Gasteiger partial charge in [-0.25, -0.2) is 4.98 Å². The average Bonchev–Trinajstić information content (AvgIpc) is 2.73. The van der Waals surface area contributed by atoms with E-state index in [2.05, 4.69) is 17.2 Å². The van der Waals surface area contributed by atoms with Crippen LogP contribution in [-0.4, -0.2) is 29.4 Å². The molecule has 0 radical (unpaired) electrons. The van der Waals surface area contributed by atoms with Crippen molar-refractivity contribution in [1.29, 1.82) is 0 Å². The minimum atomic E-state index is -0.343. The Morgan fingerprint density at radius 2 is 1.93 bits per heavy atom. The number of nitrogens with one attached hydrogen (secondary N) is 1. The number of nitrogens with two attached hydrogens (primary N) is 1. The molecule has 0 saturated heterocycles. The van der Waals surface area contributed by atoms with Gasteiger partial charge in [0.15, 0.2) is 0 Å². The Balaban J connectivity index is 1.37. The highest BCUT2D eigenvalue weighted by atomic mass is 16.5. The number of ether oxygens (including phenoxy) is 1. The summed E-state index contributed by atoms with van der Waals surface area (Å²) < 4.78 is 5.83. The van der Waals surface area contributed by atoms with E-state index in [0.29, 0.717) is 35.8 Å². The van der Waals surface area contributed by atoms with Gasteiger partial charge in [-0.05, 0) is 68.4 Å². The van der Waals surface area contributed by atoms with Crippen molar-refractivity contribution in [2.24, 2.45) is 28.9 Å². The van der Waals surface area contributed by atoms with Crippen LogP contribution in [0.4, 0.5) is 0 Å². The number of hydrogen-bond donors (Lipinski definition) is 2. The van der Waals surface area contributed by atoms with E-state index in [-0.39, 0.29) is 23.3 Å². The van der Waals surface area contributed by atoms with E-state index in [4.69, 9.17) is 10.5 Å². The number of benzene rings is 1. The lowest BCUT2D eigenvalue weighted by Crippen LogP contribution is -2.62. The topological polar surface area (TPSA) is 94.3 Å². The van der Waals surface area contributed by atoms with Crippen LogP contribution in [0.15, 0.2) is 30.3 Å². The van der Waals surface area contributed by atoms with E-state index in [0.717, 1.165) is 49.4 Å². The Labute approximate surface area is 176 Å². The lowest BCUT2D eigenvalue weighted by Gasteiger charge is -2.58. The molecular weight excluding hydrogens is 378 g/mol. The van der Waals surface area contributed by atoms with Crippen LogP contribution in [0.2, 0.25) is 0 Å². The summed E-state index contributed by atoms with van der Waals surface area (Å²) in [5.41, 5.74) is 6.57. The van der Waals surface area contributed by atoms with Crippen LogP contribution >= 0.6 is 0 Å².